The van der Waals surface area contributed by atoms with E-state index >= 15 is 0 Å². The first-order valence-corrected chi connectivity index (χ1v) is 8.11. The molecule has 0 aliphatic heterocycles. The van der Waals surface area contributed by atoms with Gasteiger partial charge in [-0.1, -0.05) is 6.92 Å². The van der Waals surface area contributed by atoms with Crippen molar-refractivity contribution in [1.29, 1.82) is 0 Å². The molecule has 0 fully saturated rings. The molecule has 24 heavy (non-hydrogen) atoms. The smallest absolute Gasteiger partial charge is 0.326 e. The van der Waals surface area contributed by atoms with Crippen molar-refractivity contribution in [1.82, 2.24) is 19.2 Å². The number of amides is 3. The predicted octanol–water partition coefficient (Wildman–Crippen LogP) is 1.78. The SMILES string of the molecule is CCN(C)SNC(=O)NC(Cc1cc(F)cc(F)c1)C(=O)N(C)C. The highest BCUT2D eigenvalue weighted by atomic mass is 32.2. The summed E-state index contributed by atoms with van der Waals surface area (Å²) in [7, 11) is 4.88. The van der Waals surface area contributed by atoms with Crippen molar-refractivity contribution < 1.29 is 18.4 Å². The summed E-state index contributed by atoms with van der Waals surface area (Å²) < 4.78 is 30.9. The number of likely N-dealkylation sites (N-methyl/N-ethyl adjacent to an activating group) is 1. The summed E-state index contributed by atoms with van der Waals surface area (Å²) in [5.41, 5.74) is 0.284. The molecule has 0 saturated carbocycles. The second-order valence-corrected chi connectivity index (χ2v) is 6.39. The molecule has 134 valence electrons. The van der Waals surface area contributed by atoms with Crippen molar-refractivity contribution in [3.05, 3.63) is 35.4 Å². The summed E-state index contributed by atoms with van der Waals surface area (Å²) in [6, 6.07) is 1.53. The van der Waals surface area contributed by atoms with Gasteiger partial charge in [0.25, 0.3) is 0 Å². The lowest BCUT2D eigenvalue weighted by Gasteiger charge is -2.22. The minimum atomic E-state index is -0.936. The van der Waals surface area contributed by atoms with Crippen LogP contribution in [-0.2, 0) is 11.2 Å². The van der Waals surface area contributed by atoms with Crippen LogP contribution < -0.4 is 10.0 Å². The summed E-state index contributed by atoms with van der Waals surface area (Å²) in [6.07, 6.45) is -0.0204. The van der Waals surface area contributed by atoms with Gasteiger partial charge in [-0.3, -0.25) is 9.52 Å². The molecule has 3 amide bonds. The summed E-state index contributed by atoms with van der Waals surface area (Å²) in [5.74, 6) is -1.83. The Bertz CT molecular complexity index is 566. The quantitative estimate of drug-likeness (QED) is 0.728. The average Bonchev–Trinajstić information content (AvgIpc) is 2.50. The van der Waals surface area contributed by atoms with Gasteiger partial charge in [0.05, 0.1) is 0 Å². The van der Waals surface area contributed by atoms with Crippen molar-refractivity contribution in [2.24, 2.45) is 0 Å². The van der Waals surface area contributed by atoms with Crippen molar-refractivity contribution in [2.75, 3.05) is 27.7 Å². The molecule has 1 atom stereocenters. The monoisotopic (exact) mass is 360 g/mol. The van der Waals surface area contributed by atoms with Crippen LogP contribution in [0, 0.1) is 11.6 Å². The number of hydrogen-bond donors (Lipinski definition) is 2. The molecule has 0 saturated heterocycles. The summed E-state index contributed by atoms with van der Waals surface area (Å²) in [4.78, 5) is 25.5. The highest BCUT2D eigenvalue weighted by Crippen LogP contribution is 2.11. The third kappa shape index (κ3) is 6.71. The van der Waals surface area contributed by atoms with Gasteiger partial charge >= 0.3 is 6.03 Å². The topological polar surface area (TPSA) is 64.7 Å². The van der Waals surface area contributed by atoms with E-state index in [-0.39, 0.29) is 17.9 Å². The van der Waals surface area contributed by atoms with E-state index < -0.39 is 23.7 Å². The van der Waals surface area contributed by atoms with Crippen LogP contribution in [0.2, 0.25) is 0 Å². The van der Waals surface area contributed by atoms with Crippen LogP contribution in [0.1, 0.15) is 12.5 Å². The number of nitrogens with one attached hydrogen (secondary N) is 2. The fraction of sp³-hybridized carbons (Fsp3) is 0.467. The standard InChI is InChI=1S/C15H22F2N4O2S/c1-5-21(4)24-19-15(23)18-13(14(22)20(2)3)8-10-6-11(16)9-12(17)7-10/h6-7,9,13H,5,8H2,1-4H3,(H2,18,19,23). The first kappa shape index (κ1) is 20.2. The molecule has 0 aromatic heterocycles. The lowest BCUT2D eigenvalue weighted by molar-refractivity contribution is -0.130. The molecule has 0 radical (unpaired) electrons. The Hall–Kier alpha value is -1.87. The van der Waals surface area contributed by atoms with Crippen LogP contribution in [0.15, 0.2) is 18.2 Å². The van der Waals surface area contributed by atoms with E-state index in [1.165, 1.54) is 4.90 Å². The number of halogens is 2. The fourth-order valence-electron chi connectivity index (χ4n) is 1.85. The van der Waals surface area contributed by atoms with Crippen LogP contribution >= 0.6 is 12.1 Å². The normalized spacial score (nSPS) is 12.0. The van der Waals surface area contributed by atoms with Crippen molar-refractivity contribution >= 4 is 24.1 Å². The number of carbonyl (C=O) groups excluding carboxylic acids is 2. The van der Waals surface area contributed by atoms with E-state index in [4.69, 9.17) is 0 Å². The molecule has 0 spiro atoms. The maximum atomic E-state index is 13.3. The van der Waals surface area contributed by atoms with Gasteiger partial charge in [0.2, 0.25) is 5.91 Å². The summed E-state index contributed by atoms with van der Waals surface area (Å²) in [5, 5.41) is 2.53. The molecular formula is C15H22F2N4O2S. The number of benzene rings is 1. The number of urea groups is 1. The largest absolute Gasteiger partial charge is 0.347 e. The molecule has 0 aliphatic rings. The van der Waals surface area contributed by atoms with Gasteiger partial charge in [-0.25, -0.2) is 17.9 Å². The average molecular weight is 360 g/mol. The number of carbonyl (C=O) groups is 2. The molecule has 0 heterocycles. The molecule has 0 aliphatic carbocycles. The highest BCUT2D eigenvalue weighted by molar-refractivity contribution is 7.95. The lowest BCUT2D eigenvalue weighted by Crippen LogP contribution is -2.50. The van der Waals surface area contributed by atoms with Crippen LogP contribution in [-0.4, -0.2) is 54.9 Å². The maximum Gasteiger partial charge on any atom is 0.326 e. The first-order valence-electron chi connectivity index (χ1n) is 7.33. The van der Waals surface area contributed by atoms with E-state index in [1.807, 2.05) is 6.92 Å². The Morgan fingerprint density at radius 2 is 1.75 bits per heavy atom. The van der Waals surface area contributed by atoms with Gasteiger partial charge in [0.15, 0.2) is 0 Å². The molecular weight excluding hydrogens is 338 g/mol. The van der Waals surface area contributed by atoms with Crippen LogP contribution in [0.3, 0.4) is 0 Å². The van der Waals surface area contributed by atoms with E-state index in [2.05, 4.69) is 10.0 Å². The number of hydrogen-bond acceptors (Lipinski definition) is 4. The Labute approximate surface area is 144 Å². The Balaban J connectivity index is 2.80. The van der Waals surface area contributed by atoms with Gasteiger partial charge < -0.3 is 10.2 Å². The zero-order valence-corrected chi connectivity index (χ0v) is 14.9. The zero-order valence-electron chi connectivity index (χ0n) is 14.1. The second-order valence-electron chi connectivity index (χ2n) is 5.38. The Morgan fingerprint density at radius 3 is 2.25 bits per heavy atom. The highest BCUT2D eigenvalue weighted by Gasteiger charge is 2.23. The molecule has 2 N–H and O–H groups in total. The molecule has 9 heteroatoms. The lowest BCUT2D eigenvalue weighted by atomic mass is 10.0. The Morgan fingerprint density at radius 1 is 1.17 bits per heavy atom. The molecule has 1 rings (SSSR count). The van der Waals surface area contributed by atoms with Crippen molar-refractivity contribution in [3.8, 4) is 0 Å². The van der Waals surface area contributed by atoms with E-state index in [0.29, 0.717) is 6.54 Å². The number of rotatable bonds is 7. The van der Waals surface area contributed by atoms with Gasteiger partial charge in [-0.15, -0.1) is 0 Å². The molecule has 1 unspecified atom stereocenters. The molecule has 1 aromatic carbocycles. The summed E-state index contributed by atoms with van der Waals surface area (Å²) >= 11 is 1.08. The van der Waals surface area contributed by atoms with Crippen molar-refractivity contribution in [3.63, 3.8) is 0 Å². The number of nitrogens with zero attached hydrogens (tertiary/aromatic N) is 2. The maximum absolute atomic E-state index is 13.3. The van der Waals surface area contributed by atoms with Gasteiger partial charge in [0, 0.05) is 45.3 Å². The predicted molar refractivity (Wildman–Crippen MR) is 90.1 cm³/mol. The first-order chi connectivity index (χ1) is 11.2. The minimum absolute atomic E-state index is 0.0204. The van der Waals surface area contributed by atoms with E-state index in [1.54, 1.807) is 25.4 Å². The summed E-state index contributed by atoms with van der Waals surface area (Å²) in [6.45, 7) is 2.64. The van der Waals surface area contributed by atoms with Crippen molar-refractivity contribution in [2.45, 2.75) is 19.4 Å². The molecule has 0 bridgehead atoms. The second kappa shape index (κ2) is 9.43. The fourth-order valence-corrected chi connectivity index (χ4v) is 2.27. The van der Waals surface area contributed by atoms with Crippen LogP contribution in [0.5, 0.6) is 0 Å². The van der Waals surface area contributed by atoms with Crippen LogP contribution in [0.25, 0.3) is 0 Å². The van der Waals surface area contributed by atoms with Gasteiger partial charge in [0.1, 0.15) is 17.7 Å². The molecule has 1 aromatic rings. The zero-order chi connectivity index (χ0) is 18.3. The third-order valence-electron chi connectivity index (χ3n) is 3.15. The molecule has 6 nitrogen and oxygen atoms in total. The Kier molecular flexibility index (Phi) is 7.93. The van der Waals surface area contributed by atoms with Gasteiger partial charge in [-0.05, 0) is 24.7 Å². The third-order valence-corrected chi connectivity index (χ3v) is 3.99. The van der Waals surface area contributed by atoms with E-state index in [0.717, 1.165) is 30.3 Å². The van der Waals surface area contributed by atoms with E-state index in [9.17, 15) is 18.4 Å². The van der Waals surface area contributed by atoms with Crippen LogP contribution in [0.4, 0.5) is 13.6 Å². The van der Waals surface area contributed by atoms with Gasteiger partial charge in [-0.2, -0.15) is 0 Å². The minimum Gasteiger partial charge on any atom is -0.347 e.